The number of carbonyl (C=O) groups excluding carboxylic acids is 1. The standard InChI is InChI=1S/C6H13NO3Si/c1-4-11-6(9-2,10-3)7-5-8/h4,11H2,1-3H3. The highest BCUT2D eigenvalue weighted by molar-refractivity contribution is 6.38. The van der Waals surface area contributed by atoms with Gasteiger partial charge in [-0.2, -0.15) is 0 Å². The van der Waals surface area contributed by atoms with E-state index in [0.29, 0.717) is 0 Å². The predicted molar refractivity (Wildman–Crippen MR) is 43.9 cm³/mol. The van der Waals surface area contributed by atoms with Crippen LogP contribution in [0.15, 0.2) is 4.99 Å². The topological polar surface area (TPSA) is 47.9 Å². The van der Waals surface area contributed by atoms with Gasteiger partial charge in [0.2, 0.25) is 11.6 Å². The third-order valence-corrected chi connectivity index (χ3v) is 3.29. The molecule has 0 bridgehead atoms. The highest BCUT2D eigenvalue weighted by Gasteiger charge is 2.27. The molecule has 0 N–H and O–H groups in total. The van der Waals surface area contributed by atoms with E-state index in [1.54, 1.807) is 0 Å². The Morgan fingerprint density at radius 2 is 2.09 bits per heavy atom. The minimum Gasteiger partial charge on any atom is -0.339 e. The van der Waals surface area contributed by atoms with E-state index in [4.69, 9.17) is 9.47 Å². The van der Waals surface area contributed by atoms with Crippen molar-refractivity contribution in [3.8, 4) is 0 Å². The van der Waals surface area contributed by atoms with E-state index >= 15 is 0 Å². The third kappa shape index (κ3) is 2.94. The van der Waals surface area contributed by atoms with Gasteiger partial charge in [0.05, 0.1) is 0 Å². The summed E-state index contributed by atoms with van der Waals surface area (Å²) >= 11 is 0. The van der Waals surface area contributed by atoms with Crippen molar-refractivity contribution in [1.29, 1.82) is 0 Å². The summed E-state index contributed by atoms with van der Waals surface area (Å²) in [7, 11) is 2.30. The average molecular weight is 175 g/mol. The number of isocyanates is 1. The first-order valence-corrected chi connectivity index (χ1v) is 5.14. The molecule has 0 aromatic carbocycles. The van der Waals surface area contributed by atoms with Crippen LogP contribution in [-0.4, -0.2) is 35.4 Å². The minimum absolute atomic E-state index is 0.656. The molecule has 0 saturated heterocycles. The molecule has 0 aliphatic carbocycles. The Morgan fingerprint density at radius 1 is 1.55 bits per heavy atom. The van der Waals surface area contributed by atoms with E-state index in [2.05, 4.69) is 4.99 Å². The molecule has 64 valence electrons. The van der Waals surface area contributed by atoms with Gasteiger partial charge in [0, 0.05) is 14.2 Å². The van der Waals surface area contributed by atoms with Crippen LogP contribution < -0.4 is 0 Å². The summed E-state index contributed by atoms with van der Waals surface area (Å²) in [5.41, 5.74) is -0.976. The summed E-state index contributed by atoms with van der Waals surface area (Å²) in [6, 6.07) is 0.965. The Morgan fingerprint density at radius 3 is 2.36 bits per heavy atom. The second-order valence-electron chi connectivity index (χ2n) is 2.07. The molecule has 4 nitrogen and oxygen atoms in total. The van der Waals surface area contributed by atoms with Gasteiger partial charge in [0.25, 0.3) is 0 Å². The molecule has 11 heavy (non-hydrogen) atoms. The molecule has 0 aliphatic rings. The van der Waals surface area contributed by atoms with Gasteiger partial charge in [-0.05, 0) is 0 Å². The van der Waals surface area contributed by atoms with Gasteiger partial charge in [0.15, 0.2) is 0 Å². The normalized spacial score (nSPS) is 11.9. The van der Waals surface area contributed by atoms with E-state index in [-0.39, 0.29) is 0 Å². The van der Waals surface area contributed by atoms with Crippen molar-refractivity contribution in [2.45, 2.75) is 18.5 Å². The predicted octanol–water partition coefficient (Wildman–Crippen LogP) is -0.167. The molecule has 0 rings (SSSR count). The molecule has 0 radical (unpaired) electrons. The van der Waals surface area contributed by atoms with Gasteiger partial charge < -0.3 is 9.47 Å². The molecule has 0 heterocycles. The fourth-order valence-corrected chi connectivity index (χ4v) is 2.04. The first-order chi connectivity index (χ1) is 5.24. The Balaban J connectivity index is 4.31. The van der Waals surface area contributed by atoms with Crippen molar-refractivity contribution in [1.82, 2.24) is 0 Å². The fourth-order valence-electron chi connectivity index (χ4n) is 0.820. The van der Waals surface area contributed by atoms with Crippen molar-refractivity contribution >= 4 is 15.6 Å². The number of hydrogen-bond acceptors (Lipinski definition) is 4. The summed E-state index contributed by atoms with van der Waals surface area (Å²) < 4.78 is 9.96. The van der Waals surface area contributed by atoms with E-state index in [1.165, 1.54) is 20.3 Å². The Bertz CT molecular complexity index is 152. The third-order valence-electron chi connectivity index (χ3n) is 1.42. The van der Waals surface area contributed by atoms with Crippen LogP contribution in [0.3, 0.4) is 0 Å². The molecule has 0 fully saturated rings. The highest BCUT2D eigenvalue weighted by Crippen LogP contribution is 2.11. The summed E-state index contributed by atoms with van der Waals surface area (Å²) in [6.45, 7) is 2.01. The lowest BCUT2D eigenvalue weighted by molar-refractivity contribution is -0.137. The lowest BCUT2D eigenvalue weighted by Crippen LogP contribution is -2.37. The van der Waals surface area contributed by atoms with Gasteiger partial charge in [-0.3, -0.25) is 0 Å². The molecule has 0 aromatic rings. The van der Waals surface area contributed by atoms with Gasteiger partial charge in [-0.25, -0.2) is 4.79 Å². The Labute approximate surface area is 68.4 Å². The molecule has 0 saturated carbocycles. The SMILES string of the molecule is CC[SiH2]C(N=C=O)(OC)OC. The van der Waals surface area contributed by atoms with Crippen molar-refractivity contribution < 1.29 is 14.3 Å². The number of methoxy groups -OCH3 is 2. The summed E-state index contributed by atoms with van der Waals surface area (Å²) in [5.74, 6) is 0. The maximum absolute atomic E-state index is 9.98. The van der Waals surface area contributed by atoms with Crippen LogP contribution in [0, 0.1) is 0 Å². The number of nitrogens with zero attached hydrogens (tertiary/aromatic N) is 1. The van der Waals surface area contributed by atoms with Gasteiger partial charge in [-0.1, -0.05) is 13.0 Å². The first kappa shape index (κ1) is 10.5. The molecular formula is C6H13NO3Si. The molecule has 5 heteroatoms. The second kappa shape index (κ2) is 5.20. The maximum atomic E-state index is 9.98. The minimum atomic E-state index is -0.976. The first-order valence-electron chi connectivity index (χ1n) is 3.44. The Kier molecular flexibility index (Phi) is 4.98. The van der Waals surface area contributed by atoms with Crippen LogP contribution in [0.4, 0.5) is 0 Å². The zero-order valence-electron chi connectivity index (χ0n) is 7.09. The quantitative estimate of drug-likeness (QED) is 0.252. The van der Waals surface area contributed by atoms with Gasteiger partial charge in [0.1, 0.15) is 9.52 Å². The number of ether oxygens (including phenoxy) is 2. The largest absolute Gasteiger partial charge is 0.339 e. The van der Waals surface area contributed by atoms with Crippen molar-refractivity contribution in [3.05, 3.63) is 0 Å². The van der Waals surface area contributed by atoms with Gasteiger partial charge >= 0.3 is 0 Å². The summed E-state index contributed by atoms with van der Waals surface area (Å²) in [5, 5.41) is 0. The fraction of sp³-hybridized carbons (Fsp3) is 0.833. The van der Waals surface area contributed by atoms with E-state index in [0.717, 1.165) is 6.04 Å². The lowest BCUT2D eigenvalue weighted by Gasteiger charge is -2.23. The molecule has 0 aliphatic heterocycles. The van der Waals surface area contributed by atoms with Gasteiger partial charge in [-0.15, -0.1) is 4.99 Å². The Hall–Kier alpha value is -0.483. The van der Waals surface area contributed by atoms with Crippen molar-refractivity contribution in [2.75, 3.05) is 14.2 Å². The number of aliphatic imine (C=N–C) groups is 1. The number of rotatable bonds is 5. The van der Waals surface area contributed by atoms with Crippen LogP contribution >= 0.6 is 0 Å². The molecule has 0 atom stereocenters. The molecule has 0 spiro atoms. The van der Waals surface area contributed by atoms with Crippen LogP contribution in [0.5, 0.6) is 0 Å². The second-order valence-corrected chi connectivity index (χ2v) is 4.47. The van der Waals surface area contributed by atoms with E-state index < -0.39 is 15.1 Å². The van der Waals surface area contributed by atoms with Crippen molar-refractivity contribution in [3.63, 3.8) is 0 Å². The van der Waals surface area contributed by atoms with Crippen LogP contribution in [0.1, 0.15) is 6.92 Å². The van der Waals surface area contributed by atoms with Crippen LogP contribution in [0.25, 0.3) is 0 Å². The van der Waals surface area contributed by atoms with E-state index in [1.807, 2.05) is 6.92 Å². The summed E-state index contributed by atoms with van der Waals surface area (Å²) in [4.78, 5) is 13.5. The zero-order valence-corrected chi connectivity index (χ0v) is 8.50. The lowest BCUT2D eigenvalue weighted by atomic mass is 11.0. The monoisotopic (exact) mass is 175 g/mol. The maximum Gasteiger partial charge on any atom is 0.248 e. The average Bonchev–Trinajstić information content (AvgIpc) is 2.04. The summed E-state index contributed by atoms with van der Waals surface area (Å²) in [6.07, 6.45) is 1.46. The molecule has 0 amide bonds. The number of hydrogen-bond donors (Lipinski definition) is 0. The highest BCUT2D eigenvalue weighted by atomic mass is 28.2. The molecule has 0 unspecified atom stereocenters. The molecular weight excluding hydrogens is 162 g/mol. The van der Waals surface area contributed by atoms with Crippen molar-refractivity contribution in [2.24, 2.45) is 4.99 Å². The van der Waals surface area contributed by atoms with E-state index in [9.17, 15) is 4.79 Å². The zero-order chi connectivity index (χ0) is 8.74. The molecule has 0 aromatic heterocycles. The van der Waals surface area contributed by atoms with Crippen LogP contribution in [-0.2, 0) is 14.3 Å². The smallest absolute Gasteiger partial charge is 0.248 e. The van der Waals surface area contributed by atoms with Crippen LogP contribution in [0.2, 0.25) is 6.04 Å².